The van der Waals surface area contributed by atoms with Crippen LogP contribution in [0.4, 0.5) is 64.9 Å². The molecule has 27 nitrogen and oxygen atoms in total. The summed E-state index contributed by atoms with van der Waals surface area (Å²) < 4.78 is 118. The Bertz CT molecular complexity index is 7330. The van der Waals surface area contributed by atoms with Gasteiger partial charge in [-0.2, -0.15) is 0 Å². The Labute approximate surface area is 794 Å². The first-order chi connectivity index (χ1) is 66.1. The van der Waals surface area contributed by atoms with E-state index < -0.39 is 128 Å². The maximum absolute atomic E-state index is 17.2. The smallest absolute Gasteiger partial charge is 0.283 e. The maximum Gasteiger partial charge on any atom is 0.283 e. The lowest BCUT2D eigenvalue weighted by atomic mass is 9.89. The predicted octanol–water partition coefficient (Wildman–Crippen LogP) is 15.8. The second kappa shape index (κ2) is 36.2. The number of rotatable bonds is 12. The molecule has 6 aliphatic heterocycles. The fourth-order valence-corrected chi connectivity index (χ4v) is 20.7. The van der Waals surface area contributed by atoms with Crippen molar-refractivity contribution in [2.45, 2.75) is 144 Å². The number of aryl methyl sites for hydroxylation is 3. The van der Waals surface area contributed by atoms with Crippen LogP contribution in [0.5, 0.6) is 5.75 Å². The molecule has 6 unspecified atom stereocenters. The molecule has 139 heavy (non-hydrogen) atoms. The third kappa shape index (κ3) is 15.2. The minimum Gasteiger partial charge on any atom is -0.507 e. The number of allylic oxidation sites excluding steroid dienone is 1. The average molecular weight is 1890 g/mol. The van der Waals surface area contributed by atoms with E-state index in [4.69, 9.17) is 4.98 Å². The fourth-order valence-electron chi connectivity index (χ4n) is 20.7. The molecule has 6 atom stereocenters. The zero-order valence-corrected chi connectivity index (χ0v) is 79.0. The molecule has 0 radical (unpaired) electrons. The number of pyridine rings is 7. The largest absolute Gasteiger partial charge is 0.507 e. The van der Waals surface area contributed by atoms with Gasteiger partial charge in [-0.25, -0.2) is 35.7 Å². The number of ketones is 1. The van der Waals surface area contributed by atoms with E-state index in [2.05, 4.69) is 34.7 Å². The second-order valence-corrected chi connectivity index (χ2v) is 36.9. The summed E-state index contributed by atoms with van der Waals surface area (Å²) >= 11 is 0. The van der Waals surface area contributed by atoms with Crippen molar-refractivity contribution in [3.63, 3.8) is 0 Å². The lowest BCUT2D eigenvalue weighted by Crippen LogP contribution is -2.66. The first-order valence-electron chi connectivity index (χ1n) is 45.5. The molecule has 5 aromatic carbocycles. The molecule has 3 fully saturated rings. The van der Waals surface area contributed by atoms with Crippen molar-refractivity contribution in [1.29, 1.82) is 0 Å². The second-order valence-electron chi connectivity index (χ2n) is 36.9. The van der Waals surface area contributed by atoms with Crippen molar-refractivity contribution in [2.24, 2.45) is 0 Å². The monoisotopic (exact) mass is 1890 g/mol. The molecule has 13 heterocycles. The number of phenolic OH excluding ortho intramolecular Hbond substituents is 1. The number of aromatic nitrogens is 7. The average Bonchev–Trinajstić information content (AvgIpc) is 0.695. The zero-order chi connectivity index (χ0) is 100. The van der Waals surface area contributed by atoms with Crippen molar-refractivity contribution in [1.82, 2.24) is 48.3 Å². The summed E-state index contributed by atoms with van der Waals surface area (Å²) in [6.45, 7) is 33.2. The number of halogens is 7. The Hall–Kier alpha value is -15.5. The van der Waals surface area contributed by atoms with Crippen LogP contribution >= 0.6 is 0 Å². The van der Waals surface area contributed by atoms with E-state index in [0.29, 0.717) is 56.4 Å². The number of benzene rings is 5. The number of para-hydroxylation sites is 1. The van der Waals surface area contributed by atoms with E-state index >= 15 is 30.7 Å². The van der Waals surface area contributed by atoms with Crippen molar-refractivity contribution in [2.75, 3.05) is 89.8 Å². The highest BCUT2D eigenvalue weighted by molar-refractivity contribution is 6.17. The molecule has 7 aliphatic rings. The highest BCUT2D eigenvalue weighted by Crippen LogP contribution is 2.51. The maximum atomic E-state index is 17.2. The Morgan fingerprint density at radius 1 is 0.417 bits per heavy atom. The van der Waals surface area contributed by atoms with Crippen molar-refractivity contribution >= 4 is 114 Å². The van der Waals surface area contributed by atoms with Crippen LogP contribution in [-0.2, 0) is 28.8 Å². The Balaban J connectivity index is 0.000000144. The van der Waals surface area contributed by atoms with Crippen molar-refractivity contribution in [3.05, 3.63) is 276 Å². The quantitative estimate of drug-likeness (QED) is 0.0878. The molecular weight excluding hydrogens is 1790 g/mol. The van der Waals surface area contributed by atoms with Gasteiger partial charge in [-0.1, -0.05) is 116 Å². The molecule has 0 bridgehead atoms. The summed E-state index contributed by atoms with van der Waals surface area (Å²) in [6.07, 6.45) is 11.7. The molecule has 34 heteroatoms. The number of carbonyl (C=O) groups excluding carboxylic acids is 7. The first kappa shape index (κ1) is 95.2. The molecule has 19 rings (SSSR count). The van der Waals surface area contributed by atoms with E-state index in [-0.39, 0.29) is 182 Å². The topological polar surface area (TPSA) is 286 Å². The van der Waals surface area contributed by atoms with E-state index in [1.165, 1.54) is 122 Å². The number of fused-ring (bicyclic) bond motifs is 16. The van der Waals surface area contributed by atoms with Gasteiger partial charge in [0.25, 0.3) is 34.4 Å². The lowest BCUT2D eigenvalue weighted by Gasteiger charge is -2.50. The number of amides is 6. The van der Waals surface area contributed by atoms with Gasteiger partial charge in [-0.15, -0.1) is 0 Å². The standard InChI is InChI=1S/C37H34F2N6O4.C34H32F3N5O3.C34H33F2N5O4/c1-7-27(47)43-17-25-36(48)42(6)34-33(44(25)16-20(43)5)22-15-24(39)31(29-23(38)12-11-21-9-8-10-26(46)28(21)29)41-35(22)45(37(34)49)32-19(4)13-14-40-30(32)18(2)3;1-7-25(43)40-16-24-33(44)39(6)32-31(41(24)15-19(40)5)21-14-23(36)26(20-10-8-9-11-22(20)35)27(37)30(21)42(34(32)45)29-18(4)12-13-38-28(29)17(2)3;1-7-25(43)39-16-23-33(44)38(6)32-31(40(23)15-19(39)5)21-14-22(35)26(20-10-8-9-11-24(20)42)27(36)30(21)41(34(32)45)29-18(4)12-13-37-28(29)17(2)3/h7-9,11-15,18,20,25H,1,10,16-17H2,2-6H3;7-14,17,19,24H,1,15-16H2,2-6H3;7-14,17,19,23,42H,1,15-16H2,2-6H3. The van der Waals surface area contributed by atoms with Gasteiger partial charge in [0.15, 0.2) is 23.1 Å². The van der Waals surface area contributed by atoms with Gasteiger partial charge >= 0.3 is 0 Å². The van der Waals surface area contributed by atoms with Gasteiger partial charge in [0.1, 0.15) is 75.7 Å². The van der Waals surface area contributed by atoms with E-state index in [1.807, 2.05) is 55.4 Å². The Morgan fingerprint density at radius 2 is 0.784 bits per heavy atom. The summed E-state index contributed by atoms with van der Waals surface area (Å²) in [5.41, 5.74) is 0.845. The first-order valence-corrected chi connectivity index (χ1v) is 45.5. The zero-order valence-electron chi connectivity index (χ0n) is 79.0. The van der Waals surface area contributed by atoms with Gasteiger partial charge in [-0.05, 0) is 154 Å². The number of phenols is 1. The normalized spacial score (nSPS) is 18.2. The van der Waals surface area contributed by atoms with Crippen LogP contribution in [0.1, 0.15) is 136 Å². The summed E-state index contributed by atoms with van der Waals surface area (Å²) in [4.78, 5) is 169. The molecule has 1 aliphatic carbocycles. The fraction of sp³-hybridized carbons (Fsp3) is 0.295. The third-order valence-corrected chi connectivity index (χ3v) is 27.4. The molecule has 714 valence electrons. The van der Waals surface area contributed by atoms with Crippen LogP contribution in [0, 0.1) is 61.5 Å². The molecule has 1 N–H and O–H groups in total. The highest BCUT2D eigenvalue weighted by Gasteiger charge is 2.51. The number of piperazine rings is 3. The number of aromatic hydroxyl groups is 1. The van der Waals surface area contributed by atoms with Gasteiger partial charge < -0.3 is 49.2 Å². The molecular formula is C105H99F7N16O11. The van der Waals surface area contributed by atoms with Gasteiger partial charge in [-0.3, -0.25) is 76.6 Å². The van der Waals surface area contributed by atoms with Gasteiger partial charge in [0, 0.05) is 117 Å². The summed E-state index contributed by atoms with van der Waals surface area (Å²) in [7, 11) is 4.38. The van der Waals surface area contributed by atoms with Crippen LogP contribution in [-0.4, -0.2) is 191 Å². The SMILES string of the molecule is C=CC(=O)N1CC2C(=O)N(C)c3c(c4cc(F)c(-c5c(F)ccc6c5C(=O)CC=C6)nc4n(-c4c(C)ccnc4C(C)C)c3=O)N2CC1C.C=CC(=O)N1CC2C(=O)N(C)c3c(c4cc(F)c(-c5ccccc5F)c(F)c4n(-c4c(C)ccnc4C(C)C)c3=O)N2CC1C.C=CC(=O)N1CC2C(=O)N(C)c3c(c4cc(F)c(-c5ccccc5O)c(F)c4n(-c4c(C)ccnc4C(C)C)c3=O)N2CC1C. The number of hydrogen-bond acceptors (Lipinski definition) is 18. The number of carbonyl (C=O) groups is 7. The highest BCUT2D eigenvalue weighted by atomic mass is 19.2. The van der Waals surface area contributed by atoms with Gasteiger partial charge in [0.2, 0.25) is 17.7 Å². The molecule has 0 saturated carbocycles. The predicted molar refractivity (Wildman–Crippen MR) is 520 cm³/mol. The lowest BCUT2D eigenvalue weighted by molar-refractivity contribution is -0.132. The Morgan fingerprint density at radius 3 is 1.18 bits per heavy atom. The summed E-state index contributed by atoms with van der Waals surface area (Å²) in [6, 6.07) is 18.4. The van der Waals surface area contributed by atoms with Crippen LogP contribution in [0.3, 0.4) is 0 Å². The van der Waals surface area contributed by atoms with Crippen molar-refractivity contribution in [3.8, 4) is 56.3 Å². The summed E-state index contributed by atoms with van der Waals surface area (Å²) in [5.74, 6) is -10.3. The molecule has 7 aromatic heterocycles. The van der Waals surface area contributed by atoms with Crippen LogP contribution in [0.25, 0.3) is 89.5 Å². The number of nitrogens with zero attached hydrogens (tertiary/aromatic N) is 16. The minimum absolute atomic E-state index is 0.000637. The van der Waals surface area contributed by atoms with Crippen LogP contribution in [0.2, 0.25) is 0 Å². The molecule has 12 aromatic rings. The number of likely N-dealkylation sites (N-methyl/N-ethyl adjacent to an activating group) is 3. The summed E-state index contributed by atoms with van der Waals surface area (Å²) in [5, 5.41) is 10.9. The molecule has 3 saturated heterocycles. The van der Waals surface area contributed by atoms with E-state index in [0.717, 1.165) is 22.8 Å². The van der Waals surface area contributed by atoms with Crippen LogP contribution < -0.4 is 46.1 Å². The van der Waals surface area contributed by atoms with E-state index in [9.17, 15) is 53.1 Å². The molecule has 0 spiro atoms. The van der Waals surface area contributed by atoms with Crippen molar-refractivity contribution < 1.29 is 69.4 Å². The van der Waals surface area contributed by atoms with E-state index in [1.54, 1.807) is 108 Å². The third-order valence-electron chi connectivity index (χ3n) is 27.4. The van der Waals surface area contributed by atoms with Crippen LogP contribution in [0.15, 0.2) is 174 Å². The number of hydrogen-bond donors (Lipinski definition) is 1. The molecule has 6 amide bonds. The number of Topliss-reactive ketones (excluding diaryl/α,β-unsaturated/α-hetero) is 1. The number of anilines is 6. The Kier molecular flexibility index (Phi) is 24.8. The van der Waals surface area contributed by atoms with Gasteiger partial charge in [0.05, 0.1) is 98.6 Å². The minimum atomic E-state index is -1.13.